The molecule has 0 unspecified atom stereocenters. The maximum absolute atomic E-state index is 12.6. The first kappa shape index (κ1) is 12.9. The number of anilines is 2. The molecule has 0 spiro atoms. The molecule has 1 heterocycles. The van der Waals surface area contributed by atoms with E-state index in [-0.39, 0.29) is 17.7 Å². The molecule has 0 aromatic carbocycles. The molecule has 0 saturated heterocycles. The Bertz CT molecular complexity index is 427. The van der Waals surface area contributed by atoms with Crippen LogP contribution in [0.3, 0.4) is 0 Å². The number of rotatable bonds is 3. The minimum Gasteiger partial charge on any atom is -0.373 e. The molecule has 1 aromatic rings. The molecule has 0 aliphatic heterocycles. The maximum Gasteiger partial charge on any atom is 0.451 e. The van der Waals surface area contributed by atoms with E-state index in [0.29, 0.717) is 5.92 Å². The van der Waals surface area contributed by atoms with Crippen molar-refractivity contribution in [3.05, 3.63) is 11.9 Å². The number of hydrogen-bond acceptors (Lipinski definition) is 4. The minimum atomic E-state index is -4.53. The van der Waals surface area contributed by atoms with Gasteiger partial charge in [0.1, 0.15) is 11.6 Å². The van der Waals surface area contributed by atoms with Crippen LogP contribution in [0.25, 0.3) is 0 Å². The lowest BCUT2D eigenvalue weighted by atomic mass is 9.82. The third kappa shape index (κ3) is 2.83. The standard InChI is InChI=1S/C11H15F3N4/c1-6-3-7(4-6)16-9-5-8(15-2)17-10(18-9)11(12,13)14/h5-7H,3-4H2,1-2H3,(H2,15,16,17,18). The van der Waals surface area contributed by atoms with Gasteiger partial charge in [-0.15, -0.1) is 0 Å². The summed E-state index contributed by atoms with van der Waals surface area (Å²) in [6, 6.07) is 1.69. The fourth-order valence-corrected chi connectivity index (χ4v) is 2.01. The van der Waals surface area contributed by atoms with Gasteiger partial charge in [0.2, 0.25) is 5.82 Å². The van der Waals surface area contributed by atoms with Crippen molar-refractivity contribution in [2.75, 3.05) is 17.7 Å². The molecule has 1 saturated carbocycles. The summed E-state index contributed by atoms with van der Waals surface area (Å²) in [6.07, 6.45) is -2.61. The molecule has 2 N–H and O–H groups in total. The number of nitrogens with one attached hydrogen (secondary N) is 2. The first-order valence-electron chi connectivity index (χ1n) is 5.79. The van der Waals surface area contributed by atoms with Gasteiger partial charge in [0.15, 0.2) is 0 Å². The number of halogens is 3. The first-order valence-corrected chi connectivity index (χ1v) is 5.79. The third-order valence-electron chi connectivity index (χ3n) is 2.96. The second kappa shape index (κ2) is 4.62. The quantitative estimate of drug-likeness (QED) is 0.877. The largest absolute Gasteiger partial charge is 0.451 e. The van der Waals surface area contributed by atoms with E-state index in [1.165, 1.54) is 13.1 Å². The van der Waals surface area contributed by atoms with E-state index in [4.69, 9.17) is 0 Å². The monoisotopic (exact) mass is 260 g/mol. The Hall–Kier alpha value is -1.53. The Morgan fingerprint density at radius 3 is 2.33 bits per heavy atom. The molecule has 7 heteroatoms. The van der Waals surface area contributed by atoms with Crippen molar-refractivity contribution in [3.63, 3.8) is 0 Å². The van der Waals surface area contributed by atoms with Crippen molar-refractivity contribution in [2.45, 2.75) is 32.0 Å². The molecule has 2 rings (SSSR count). The second-order valence-corrected chi connectivity index (χ2v) is 4.63. The van der Waals surface area contributed by atoms with Crippen LogP contribution in [0.4, 0.5) is 24.8 Å². The van der Waals surface area contributed by atoms with Gasteiger partial charge in [-0.2, -0.15) is 13.2 Å². The van der Waals surface area contributed by atoms with Crippen LogP contribution in [0.5, 0.6) is 0 Å². The molecule has 1 aromatic heterocycles. The molecule has 1 aliphatic rings. The summed E-state index contributed by atoms with van der Waals surface area (Å²) in [5.41, 5.74) is 0. The average Bonchev–Trinajstić information content (AvgIpc) is 2.25. The van der Waals surface area contributed by atoms with Gasteiger partial charge in [-0.3, -0.25) is 0 Å². The molecule has 0 radical (unpaired) electrons. The van der Waals surface area contributed by atoms with Crippen LogP contribution in [-0.2, 0) is 6.18 Å². The fourth-order valence-electron chi connectivity index (χ4n) is 2.01. The van der Waals surface area contributed by atoms with Crippen molar-refractivity contribution in [1.29, 1.82) is 0 Å². The van der Waals surface area contributed by atoms with Crippen molar-refractivity contribution in [2.24, 2.45) is 5.92 Å². The predicted molar refractivity (Wildman–Crippen MR) is 62.4 cm³/mol. The smallest absolute Gasteiger partial charge is 0.373 e. The zero-order valence-electron chi connectivity index (χ0n) is 10.2. The third-order valence-corrected chi connectivity index (χ3v) is 2.96. The van der Waals surface area contributed by atoms with Gasteiger partial charge in [0.05, 0.1) is 0 Å². The van der Waals surface area contributed by atoms with Gasteiger partial charge < -0.3 is 10.6 Å². The molecular formula is C11H15F3N4. The summed E-state index contributed by atoms with van der Waals surface area (Å²) in [4.78, 5) is 6.91. The highest BCUT2D eigenvalue weighted by atomic mass is 19.4. The van der Waals surface area contributed by atoms with Crippen LogP contribution < -0.4 is 10.6 Å². The highest BCUT2D eigenvalue weighted by molar-refractivity contribution is 5.48. The van der Waals surface area contributed by atoms with E-state index >= 15 is 0 Å². The highest BCUT2D eigenvalue weighted by Gasteiger charge is 2.36. The molecule has 1 aliphatic carbocycles. The van der Waals surface area contributed by atoms with Crippen molar-refractivity contribution < 1.29 is 13.2 Å². The summed E-state index contributed by atoms with van der Waals surface area (Å²) >= 11 is 0. The van der Waals surface area contributed by atoms with Gasteiger partial charge in [0, 0.05) is 19.2 Å². The van der Waals surface area contributed by atoms with Crippen LogP contribution in [0.1, 0.15) is 25.6 Å². The molecule has 4 nitrogen and oxygen atoms in total. The van der Waals surface area contributed by atoms with Crippen molar-refractivity contribution in [3.8, 4) is 0 Å². The van der Waals surface area contributed by atoms with Gasteiger partial charge in [-0.1, -0.05) is 6.92 Å². The van der Waals surface area contributed by atoms with E-state index in [1.54, 1.807) is 0 Å². The minimum absolute atomic E-state index is 0.159. The number of aromatic nitrogens is 2. The average molecular weight is 260 g/mol. The summed E-state index contributed by atoms with van der Waals surface area (Å²) in [6.45, 7) is 2.11. The van der Waals surface area contributed by atoms with Crippen LogP contribution in [-0.4, -0.2) is 23.1 Å². The van der Waals surface area contributed by atoms with E-state index in [1.807, 2.05) is 0 Å². The summed E-state index contributed by atoms with van der Waals surface area (Å²) in [7, 11) is 1.53. The molecule has 0 amide bonds. The first-order chi connectivity index (χ1) is 8.38. The van der Waals surface area contributed by atoms with E-state index in [0.717, 1.165) is 12.8 Å². The fraction of sp³-hybridized carbons (Fsp3) is 0.636. The zero-order valence-corrected chi connectivity index (χ0v) is 10.2. The second-order valence-electron chi connectivity index (χ2n) is 4.63. The maximum atomic E-state index is 12.6. The summed E-state index contributed by atoms with van der Waals surface area (Å²) < 4.78 is 37.8. The van der Waals surface area contributed by atoms with Crippen LogP contribution in [0, 0.1) is 5.92 Å². The van der Waals surface area contributed by atoms with Gasteiger partial charge >= 0.3 is 6.18 Å². The Kier molecular flexibility index (Phi) is 3.32. The van der Waals surface area contributed by atoms with Gasteiger partial charge in [0.25, 0.3) is 0 Å². The lowest BCUT2D eigenvalue weighted by Crippen LogP contribution is -2.34. The van der Waals surface area contributed by atoms with Gasteiger partial charge in [-0.05, 0) is 18.8 Å². The number of hydrogen-bond donors (Lipinski definition) is 2. The molecule has 0 atom stereocenters. The SMILES string of the molecule is CNc1cc(NC2CC(C)C2)nc(C(F)(F)F)n1. The lowest BCUT2D eigenvalue weighted by Gasteiger charge is -2.33. The molecular weight excluding hydrogens is 245 g/mol. The highest BCUT2D eigenvalue weighted by Crippen LogP contribution is 2.31. The lowest BCUT2D eigenvalue weighted by molar-refractivity contribution is -0.144. The Morgan fingerprint density at radius 1 is 1.22 bits per heavy atom. The topological polar surface area (TPSA) is 49.8 Å². The number of alkyl halides is 3. The van der Waals surface area contributed by atoms with E-state index in [9.17, 15) is 13.2 Å². The molecule has 18 heavy (non-hydrogen) atoms. The van der Waals surface area contributed by atoms with Gasteiger partial charge in [-0.25, -0.2) is 9.97 Å². The van der Waals surface area contributed by atoms with E-state index < -0.39 is 12.0 Å². The Morgan fingerprint density at radius 2 is 1.83 bits per heavy atom. The predicted octanol–water partition coefficient (Wildman–Crippen LogP) is 2.75. The van der Waals surface area contributed by atoms with Crippen molar-refractivity contribution >= 4 is 11.6 Å². The van der Waals surface area contributed by atoms with Crippen LogP contribution in [0.2, 0.25) is 0 Å². The summed E-state index contributed by atoms with van der Waals surface area (Å²) in [5.74, 6) is -0.120. The summed E-state index contributed by atoms with van der Waals surface area (Å²) in [5, 5.41) is 5.61. The van der Waals surface area contributed by atoms with Crippen molar-refractivity contribution in [1.82, 2.24) is 9.97 Å². The number of nitrogens with zero attached hydrogens (tertiary/aromatic N) is 2. The van der Waals surface area contributed by atoms with E-state index in [2.05, 4.69) is 27.5 Å². The van der Waals surface area contributed by atoms with Crippen LogP contribution >= 0.6 is 0 Å². The Balaban J connectivity index is 2.18. The molecule has 0 bridgehead atoms. The Labute approximate surface area is 103 Å². The van der Waals surface area contributed by atoms with Crippen LogP contribution in [0.15, 0.2) is 6.07 Å². The normalized spacial score (nSPS) is 23.4. The molecule has 1 fully saturated rings. The zero-order chi connectivity index (χ0) is 13.3. The molecule has 100 valence electrons.